The molecule has 0 amide bonds. The highest BCUT2D eigenvalue weighted by atomic mass is 14.2. The lowest BCUT2D eigenvalue weighted by Gasteiger charge is -2.23. The van der Waals surface area contributed by atoms with E-state index in [4.69, 9.17) is 0 Å². The number of aryl methyl sites for hydroxylation is 1. The third-order valence-corrected chi connectivity index (χ3v) is 3.59. The lowest BCUT2D eigenvalue weighted by molar-refractivity contribution is 0.590. The maximum atomic E-state index is 4.11. The van der Waals surface area contributed by atoms with Crippen molar-refractivity contribution < 1.29 is 0 Å². The second kappa shape index (κ2) is 4.26. The highest BCUT2D eigenvalue weighted by Gasteiger charge is 2.16. The first-order valence-corrected chi connectivity index (χ1v) is 6.03. The van der Waals surface area contributed by atoms with E-state index in [1.165, 1.54) is 30.4 Å². The van der Waals surface area contributed by atoms with Crippen molar-refractivity contribution >= 4 is 13.4 Å². The Kier molecular flexibility index (Phi) is 2.99. The summed E-state index contributed by atoms with van der Waals surface area (Å²) in [5.74, 6) is 0.748. The molecule has 15 heavy (non-hydrogen) atoms. The van der Waals surface area contributed by atoms with Gasteiger partial charge in [-0.3, -0.25) is 0 Å². The Morgan fingerprint density at radius 1 is 1.53 bits per heavy atom. The first-order valence-electron chi connectivity index (χ1n) is 6.03. The van der Waals surface area contributed by atoms with Crippen molar-refractivity contribution in [2.75, 3.05) is 0 Å². The fourth-order valence-corrected chi connectivity index (χ4v) is 2.48. The molecular formula is C14H19B. The number of fused-ring (bicyclic) bond motifs is 1. The quantitative estimate of drug-likeness (QED) is 0.640. The minimum atomic E-state index is 0.748. The van der Waals surface area contributed by atoms with Crippen LogP contribution >= 0.6 is 0 Å². The Morgan fingerprint density at radius 3 is 3.07 bits per heavy atom. The van der Waals surface area contributed by atoms with Crippen molar-refractivity contribution in [2.45, 2.75) is 38.4 Å². The smallest absolute Gasteiger partial charge is 0.0960 e. The molecule has 0 aliphatic heterocycles. The van der Waals surface area contributed by atoms with Crippen molar-refractivity contribution in [3.05, 3.63) is 41.5 Å². The molecule has 1 atom stereocenters. The van der Waals surface area contributed by atoms with Crippen LogP contribution in [0.3, 0.4) is 0 Å². The first-order chi connectivity index (χ1) is 7.22. The Hall–Kier alpha value is -0.975. The predicted octanol–water partition coefficient (Wildman–Crippen LogP) is 3.19. The minimum Gasteiger partial charge on any atom is -0.0960 e. The van der Waals surface area contributed by atoms with Gasteiger partial charge in [-0.25, -0.2) is 0 Å². The molecule has 2 rings (SSSR count). The fraction of sp³-hybridized carbons (Fsp3) is 0.429. The van der Waals surface area contributed by atoms with Crippen LogP contribution in [-0.2, 0) is 6.42 Å². The summed E-state index contributed by atoms with van der Waals surface area (Å²) in [4.78, 5) is 0. The van der Waals surface area contributed by atoms with Crippen LogP contribution in [-0.4, -0.2) is 7.85 Å². The third kappa shape index (κ3) is 2.02. The van der Waals surface area contributed by atoms with Gasteiger partial charge in [0.05, 0.1) is 0 Å². The molecule has 0 spiro atoms. The Morgan fingerprint density at radius 2 is 2.33 bits per heavy atom. The molecule has 0 aromatic heterocycles. The minimum absolute atomic E-state index is 0.748. The summed E-state index contributed by atoms with van der Waals surface area (Å²) in [5.41, 5.74) is 5.72. The highest BCUT2D eigenvalue weighted by molar-refractivity contribution is 6.14. The van der Waals surface area contributed by atoms with Crippen molar-refractivity contribution in [3.8, 4) is 0 Å². The molecule has 1 aliphatic rings. The zero-order valence-electron chi connectivity index (χ0n) is 9.84. The Balaban J connectivity index is 2.37. The number of hydrogen-bond acceptors (Lipinski definition) is 0. The van der Waals surface area contributed by atoms with Crippen LogP contribution in [0.4, 0.5) is 0 Å². The molecule has 0 heterocycles. The maximum absolute atomic E-state index is 4.11. The molecule has 1 heteroatoms. The van der Waals surface area contributed by atoms with E-state index >= 15 is 0 Å². The van der Waals surface area contributed by atoms with Gasteiger partial charge < -0.3 is 0 Å². The topological polar surface area (TPSA) is 0 Å². The monoisotopic (exact) mass is 198 g/mol. The molecule has 0 fully saturated rings. The summed E-state index contributed by atoms with van der Waals surface area (Å²) < 4.78 is 0. The molecule has 1 aliphatic carbocycles. The number of benzene rings is 1. The van der Waals surface area contributed by atoms with Crippen LogP contribution in [0.15, 0.2) is 24.8 Å². The van der Waals surface area contributed by atoms with Gasteiger partial charge in [-0.1, -0.05) is 43.6 Å². The highest BCUT2D eigenvalue weighted by Crippen LogP contribution is 2.32. The average molecular weight is 198 g/mol. The molecule has 0 saturated heterocycles. The summed E-state index contributed by atoms with van der Waals surface area (Å²) in [6, 6.07) is 6.92. The summed E-state index contributed by atoms with van der Waals surface area (Å²) in [5, 5.41) is 0. The second-order valence-corrected chi connectivity index (χ2v) is 4.66. The van der Waals surface area contributed by atoms with Crippen LogP contribution in [0.5, 0.6) is 0 Å². The van der Waals surface area contributed by atoms with Gasteiger partial charge in [0, 0.05) is 0 Å². The van der Waals surface area contributed by atoms with Crippen LogP contribution in [0.1, 0.15) is 42.4 Å². The van der Waals surface area contributed by atoms with Crippen LogP contribution in [0.25, 0.3) is 5.57 Å². The third-order valence-electron chi connectivity index (χ3n) is 3.59. The molecule has 0 radical (unpaired) electrons. The molecule has 0 nitrogen and oxygen atoms in total. The average Bonchev–Trinajstić information content (AvgIpc) is 2.28. The molecule has 0 N–H and O–H groups in total. The zero-order chi connectivity index (χ0) is 10.8. The van der Waals surface area contributed by atoms with E-state index in [0.29, 0.717) is 0 Å². The molecule has 0 saturated carbocycles. The number of hydrogen-bond donors (Lipinski definition) is 0. The van der Waals surface area contributed by atoms with Gasteiger partial charge in [0.2, 0.25) is 0 Å². The molecule has 1 aromatic carbocycles. The number of allylic oxidation sites excluding steroid dienone is 1. The van der Waals surface area contributed by atoms with Gasteiger partial charge in [0.15, 0.2) is 0 Å². The van der Waals surface area contributed by atoms with E-state index in [1.807, 2.05) is 0 Å². The fourth-order valence-electron chi connectivity index (χ4n) is 2.48. The lowest BCUT2D eigenvalue weighted by atomic mass is 9.81. The van der Waals surface area contributed by atoms with Gasteiger partial charge in [-0.15, -0.1) is 0 Å². The summed E-state index contributed by atoms with van der Waals surface area (Å²) >= 11 is 0. The molecule has 1 unspecified atom stereocenters. The van der Waals surface area contributed by atoms with Crippen LogP contribution < -0.4 is 0 Å². The molecular weight excluding hydrogens is 179 g/mol. The largest absolute Gasteiger partial charge is 0.107 e. The second-order valence-electron chi connectivity index (χ2n) is 4.66. The summed E-state index contributed by atoms with van der Waals surface area (Å²) in [7, 11) is 2.17. The van der Waals surface area contributed by atoms with Gasteiger partial charge in [-0.2, -0.15) is 0 Å². The van der Waals surface area contributed by atoms with Gasteiger partial charge >= 0.3 is 0 Å². The SMILES string of the molecule is BCC(=C)c1ccc2c(c1)CCCC2C. The lowest BCUT2D eigenvalue weighted by Crippen LogP contribution is -2.07. The van der Waals surface area contributed by atoms with E-state index < -0.39 is 0 Å². The van der Waals surface area contributed by atoms with Crippen molar-refractivity contribution in [2.24, 2.45) is 0 Å². The molecule has 0 bridgehead atoms. The van der Waals surface area contributed by atoms with Gasteiger partial charge in [0.25, 0.3) is 0 Å². The molecule has 1 aromatic rings. The Labute approximate surface area is 93.8 Å². The van der Waals surface area contributed by atoms with Gasteiger partial charge in [0.1, 0.15) is 7.85 Å². The van der Waals surface area contributed by atoms with E-state index in [2.05, 4.69) is 39.5 Å². The Bertz CT molecular complexity index is 379. The summed E-state index contributed by atoms with van der Waals surface area (Å²) in [6.07, 6.45) is 5.00. The van der Waals surface area contributed by atoms with Crippen LogP contribution in [0, 0.1) is 0 Å². The van der Waals surface area contributed by atoms with E-state index in [0.717, 1.165) is 12.2 Å². The van der Waals surface area contributed by atoms with Crippen molar-refractivity contribution in [3.63, 3.8) is 0 Å². The standard InChI is InChI=1S/C14H19B/c1-10-4-3-5-13-8-12(11(2)9-15)6-7-14(10)13/h6-8,10H,2-5,9,15H2,1H3. The maximum Gasteiger partial charge on any atom is 0.107 e. The normalized spacial score (nSPS) is 19.7. The molecule has 78 valence electrons. The number of rotatable bonds is 2. The van der Waals surface area contributed by atoms with Gasteiger partial charge in [-0.05, 0) is 41.9 Å². The van der Waals surface area contributed by atoms with E-state index in [1.54, 1.807) is 11.1 Å². The van der Waals surface area contributed by atoms with Crippen molar-refractivity contribution in [1.82, 2.24) is 0 Å². The zero-order valence-corrected chi connectivity index (χ0v) is 9.84. The van der Waals surface area contributed by atoms with E-state index in [9.17, 15) is 0 Å². The van der Waals surface area contributed by atoms with Crippen LogP contribution in [0.2, 0.25) is 6.32 Å². The first kappa shape index (κ1) is 10.5. The van der Waals surface area contributed by atoms with E-state index in [-0.39, 0.29) is 0 Å². The predicted molar refractivity (Wildman–Crippen MR) is 70.2 cm³/mol. The van der Waals surface area contributed by atoms with Crippen molar-refractivity contribution in [1.29, 1.82) is 0 Å². The summed E-state index contributed by atoms with van der Waals surface area (Å²) in [6.45, 7) is 6.45.